The second kappa shape index (κ2) is 8.54. The van der Waals surface area contributed by atoms with Crippen LogP contribution in [0.5, 0.6) is 0 Å². The third kappa shape index (κ3) is 5.29. The summed E-state index contributed by atoms with van der Waals surface area (Å²) in [6.07, 6.45) is 1.62. The highest BCUT2D eigenvalue weighted by molar-refractivity contribution is 14.0. The number of nitrogens with zero attached hydrogens (tertiary/aromatic N) is 4. The molecule has 120 valence electrons. The molecule has 3 N–H and O–H groups in total. The molecule has 0 spiro atoms. The highest BCUT2D eigenvalue weighted by Crippen LogP contribution is 2.25. The molecule has 2 rings (SSSR count). The van der Waals surface area contributed by atoms with Crippen LogP contribution in [0.2, 0.25) is 10.0 Å². The van der Waals surface area contributed by atoms with Crippen LogP contribution in [0.1, 0.15) is 24.4 Å². The Balaban J connectivity index is 0.00000242. The Labute approximate surface area is 156 Å². The van der Waals surface area contributed by atoms with Crippen LogP contribution in [0.25, 0.3) is 0 Å². The predicted molar refractivity (Wildman–Crippen MR) is 99.8 cm³/mol. The van der Waals surface area contributed by atoms with Crippen molar-refractivity contribution in [1.29, 1.82) is 0 Å². The fourth-order valence-electron chi connectivity index (χ4n) is 1.81. The van der Waals surface area contributed by atoms with Gasteiger partial charge in [0.1, 0.15) is 12.9 Å². The first-order valence-electron chi connectivity index (χ1n) is 6.31. The van der Waals surface area contributed by atoms with Crippen LogP contribution in [0, 0.1) is 0 Å². The minimum absolute atomic E-state index is 0. The molecule has 22 heavy (non-hydrogen) atoms. The summed E-state index contributed by atoms with van der Waals surface area (Å²) in [7, 11) is 1.80. The number of hydrogen-bond donors (Lipinski definition) is 2. The van der Waals surface area contributed by atoms with Crippen molar-refractivity contribution in [2.24, 2.45) is 17.8 Å². The van der Waals surface area contributed by atoms with Crippen molar-refractivity contribution in [1.82, 2.24) is 20.1 Å². The van der Waals surface area contributed by atoms with E-state index >= 15 is 0 Å². The molecule has 1 heterocycles. The van der Waals surface area contributed by atoms with Gasteiger partial charge in [0.15, 0.2) is 11.8 Å². The standard InChI is InChI=1S/C13H16Cl2N6.HI/c1-8(10-4-3-9(14)5-11(10)15)19-13(16)17-6-12-18-7-21(2)20-12;/h3-5,7-8H,6H2,1-2H3,(H3,16,17,19);1H. The molecule has 0 aliphatic rings. The predicted octanol–water partition coefficient (Wildman–Crippen LogP) is 2.91. The number of benzene rings is 1. The molecule has 1 aromatic heterocycles. The van der Waals surface area contributed by atoms with Crippen molar-refractivity contribution < 1.29 is 0 Å². The van der Waals surface area contributed by atoms with Crippen molar-refractivity contribution in [2.75, 3.05) is 0 Å². The number of hydrogen-bond acceptors (Lipinski definition) is 3. The lowest BCUT2D eigenvalue weighted by Crippen LogP contribution is -2.34. The number of aryl methyl sites for hydroxylation is 1. The van der Waals surface area contributed by atoms with Crippen LogP contribution in [-0.4, -0.2) is 20.7 Å². The molecule has 0 saturated heterocycles. The average Bonchev–Trinajstić information content (AvgIpc) is 2.82. The fourth-order valence-corrected chi connectivity index (χ4v) is 2.38. The maximum absolute atomic E-state index is 6.16. The summed E-state index contributed by atoms with van der Waals surface area (Å²) >= 11 is 12.0. The molecule has 0 radical (unpaired) electrons. The number of nitrogens with one attached hydrogen (secondary N) is 1. The first kappa shape index (κ1) is 19.0. The molecule has 0 bridgehead atoms. The summed E-state index contributed by atoms with van der Waals surface area (Å²) < 4.78 is 1.62. The average molecular weight is 455 g/mol. The van der Waals surface area contributed by atoms with Gasteiger partial charge in [-0.05, 0) is 24.6 Å². The molecule has 2 aromatic rings. The lowest BCUT2D eigenvalue weighted by molar-refractivity contribution is 0.703. The quantitative estimate of drug-likeness (QED) is 0.422. The van der Waals surface area contributed by atoms with E-state index < -0.39 is 0 Å². The normalized spacial score (nSPS) is 12.6. The summed E-state index contributed by atoms with van der Waals surface area (Å²) in [6.45, 7) is 2.26. The van der Waals surface area contributed by atoms with Gasteiger partial charge in [0, 0.05) is 17.1 Å². The van der Waals surface area contributed by atoms with E-state index in [4.69, 9.17) is 28.9 Å². The first-order chi connectivity index (χ1) is 9.95. The van der Waals surface area contributed by atoms with E-state index in [2.05, 4.69) is 20.4 Å². The topological polar surface area (TPSA) is 81.1 Å². The zero-order valence-corrected chi connectivity index (χ0v) is 16.0. The minimum Gasteiger partial charge on any atom is -0.370 e. The van der Waals surface area contributed by atoms with E-state index in [-0.39, 0.29) is 30.0 Å². The van der Waals surface area contributed by atoms with Crippen LogP contribution in [-0.2, 0) is 13.6 Å². The summed E-state index contributed by atoms with van der Waals surface area (Å²) in [5.41, 5.74) is 6.75. The monoisotopic (exact) mass is 454 g/mol. The molecule has 1 atom stereocenters. The van der Waals surface area contributed by atoms with E-state index in [1.165, 1.54) is 0 Å². The SMILES string of the molecule is CC(NC(N)=NCc1ncn(C)n1)c1ccc(Cl)cc1Cl.I. The molecule has 0 aliphatic heterocycles. The number of aliphatic imine (C=N–C) groups is 1. The Hall–Kier alpha value is -1.06. The Morgan fingerprint density at radius 2 is 2.18 bits per heavy atom. The molecule has 0 aliphatic carbocycles. The maximum atomic E-state index is 6.16. The largest absolute Gasteiger partial charge is 0.370 e. The van der Waals surface area contributed by atoms with Crippen molar-refractivity contribution in [3.8, 4) is 0 Å². The first-order valence-corrected chi connectivity index (χ1v) is 7.07. The lowest BCUT2D eigenvalue weighted by Gasteiger charge is -2.16. The van der Waals surface area contributed by atoms with Crippen LogP contribution < -0.4 is 11.1 Å². The Morgan fingerprint density at radius 3 is 2.77 bits per heavy atom. The second-order valence-electron chi connectivity index (χ2n) is 4.57. The molecule has 6 nitrogen and oxygen atoms in total. The zero-order valence-electron chi connectivity index (χ0n) is 12.1. The molecule has 1 aromatic carbocycles. The van der Waals surface area contributed by atoms with E-state index in [0.717, 1.165) is 5.56 Å². The highest BCUT2D eigenvalue weighted by atomic mass is 127. The lowest BCUT2D eigenvalue weighted by atomic mass is 10.1. The minimum atomic E-state index is -0.0878. The van der Waals surface area contributed by atoms with Gasteiger partial charge in [-0.25, -0.2) is 9.98 Å². The molecular formula is C13H17Cl2IN6. The number of halogens is 3. The number of guanidine groups is 1. The summed E-state index contributed by atoms with van der Waals surface area (Å²) in [4.78, 5) is 8.27. The third-order valence-corrected chi connectivity index (χ3v) is 3.39. The van der Waals surface area contributed by atoms with Gasteiger partial charge in [0.2, 0.25) is 0 Å². The summed E-state index contributed by atoms with van der Waals surface area (Å²) in [6, 6.07) is 5.25. The molecular weight excluding hydrogens is 438 g/mol. The number of rotatable bonds is 4. The van der Waals surface area contributed by atoms with E-state index in [9.17, 15) is 0 Å². The third-order valence-electron chi connectivity index (χ3n) is 2.83. The maximum Gasteiger partial charge on any atom is 0.189 e. The van der Waals surface area contributed by atoms with Crippen molar-refractivity contribution >= 4 is 53.1 Å². The number of aromatic nitrogens is 3. The van der Waals surface area contributed by atoms with E-state index in [1.807, 2.05) is 13.0 Å². The van der Waals surface area contributed by atoms with Gasteiger partial charge in [-0.15, -0.1) is 24.0 Å². The second-order valence-corrected chi connectivity index (χ2v) is 5.41. The Morgan fingerprint density at radius 1 is 1.45 bits per heavy atom. The molecule has 9 heteroatoms. The van der Waals surface area contributed by atoms with Gasteiger partial charge in [-0.1, -0.05) is 29.3 Å². The van der Waals surface area contributed by atoms with Gasteiger partial charge in [0.25, 0.3) is 0 Å². The number of nitrogens with two attached hydrogens (primary N) is 1. The Kier molecular flexibility index (Phi) is 7.37. The van der Waals surface area contributed by atoms with E-state index in [0.29, 0.717) is 28.4 Å². The summed E-state index contributed by atoms with van der Waals surface area (Å²) in [5.74, 6) is 0.917. The molecule has 1 unspecified atom stereocenters. The van der Waals surface area contributed by atoms with Gasteiger partial charge in [0.05, 0.1) is 6.04 Å². The molecule has 0 saturated carbocycles. The van der Waals surface area contributed by atoms with Crippen molar-refractivity contribution in [3.05, 3.63) is 46.0 Å². The van der Waals surface area contributed by atoms with Gasteiger partial charge in [-0.2, -0.15) is 5.10 Å². The van der Waals surface area contributed by atoms with Crippen molar-refractivity contribution in [3.63, 3.8) is 0 Å². The van der Waals surface area contributed by atoms with Gasteiger partial charge >= 0.3 is 0 Å². The highest BCUT2D eigenvalue weighted by Gasteiger charge is 2.10. The Bertz CT molecular complexity index is 658. The summed E-state index contributed by atoms with van der Waals surface area (Å²) in [5, 5.41) is 8.38. The van der Waals surface area contributed by atoms with Crippen LogP contribution in [0.15, 0.2) is 29.5 Å². The molecule has 0 fully saturated rings. The van der Waals surface area contributed by atoms with Crippen molar-refractivity contribution in [2.45, 2.75) is 19.5 Å². The van der Waals surface area contributed by atoms with E-state index in [1.54, 1.807) is 30.2 Å². The van der Waals surface area contributed by atoms with Crippen LogP contribution in [0.3, 0.4) is 0 Å². The van der Waals surface area contributed by atoms with Crippen LogP contribution in [0.4, 0.5) is 0 Å². The molecule has 0 amide bonds. The zero-order chi connectivity index (χ0) is 15.4. The van der Waals surface area contributed by atoms with Crippen LogP contribution >= 0.6 is 47.2 Å². The van der Waals surface area contributed by atoms with Gasteiger partial charge in [-0.3, -0.25) is 4.68 Å². The smallest absolute Gasteiger partial charge is 0.189 e. The van der Waals surface area contributed by atoms with Gasteiger partial charge < -0.3 is 11.1 Å². The fraction of sp³-hybridized carbons (Fsp3) is 0.308.